The van der Waals surface area contributed by atoms with E-state index in [1.807, 2.05) is 20.8 Å². The predicted molar refractivity (Wildman–Crippen MR) is 74.1 cm³/mol. The first-order chi connectivity index (χ1) is 8.10. The Balaban J connectivity index is 4.14. The maximum Gasteiger partial charge on any atom is 0.500 e. The Bertz CT molecular complexity index is 157. The van der Waals surface area contributed by atoms with Crippen molar-refractivity contribution in [1.29, 1.82) is 0 Å². The average molecular weight is 262 g/mol. The second-order valence-corrected chi connectivity index (χ2v) is 7.35. The Hall–Kier alpha value is 0.0969. The van der Waals surface area contributed by atoms with Crippen LogP contribution in [0.3, 0.4) is 0 Å². The molecule has 0 aliphatic carbocycles. The van der Waals surface area contributed by atoms with Crippen molar-refractivity contribution >= 4 is 8.80 Å². The number of hydrogen-bond acceptors (Lipinski definition) is 3. The SMILES string of the molecule is CCO[Si](CCCCC(C)C)(OCC)OCC. The lowest BCUT2D eigenvalue weighted by Gasteiger charge is -2.28. The summed E-state index contributed by atoms with van der Waals surface area (Å²) < 4.78 is 17.4. The normalized spacial score (nSPS) is 12.4. The molecule has 0 bridgehead atoms. The van der Waals surface area contributed by atoms with Gasteiger partial charge < -0.3 is 13.3 Å². The number of unbranched alkanes of at least 4 members (excludes halogenated alkanes) is 1. The van der Waals surface area contributed by atoms with Crippen LogP contribution in [0.5, 0.6) is 0 Å². The Morgan fingerprint density at radius 3 is 1.65 bits per heavy atom. The smallest absolute Gasteiger partial charge is 0.374 e. The topological polar surface area (TPSA) is 27.7 Å². The van der Waals surface area contributed by atoms with Crippen LogP contribution in [0.1, 0.15) is 53.9 Å². The molecule has 0 amide bonds. The zero-order valence-electron chi connectivity index (χ0n) is 12.3. The molecule has 0 aromatic carbocycles. The molecule has 0 atom stereocenters. The summed E-state index contributed by atoms with van der Waals surface area (Å²) in [6.07, 6.45) is 3.65. The molecule has 0 rings (SSSR count). The molecule has 0 aliphatic heterocycles. The molecule has 0 fully saturated rings. The fourth-order valence-electron chi connectivity index (χ4n) is 1.90. The lowest BCUT2D eigenvalue weighted by Crippen LogP contribution is -2.45. The third-order valence-electron chi connectivity index (χ3n) is 2.61. The number of rotatable bonds is 11. The molecule has 0 aromatic heterocycles. The van der Waals surface area contributed by atoms with Crippen LogP contribution >= 0.6 is 0 Å². The van der Waals surface area contributed by atoms with Crippen LogP contribution in [0, 0.1) is 5.92 Å². The van der Waals surface area contributed by atoms with Crippen LogP contribution in [0.2, 0.25) is 6.04 Å². The van der Waals surface area contributed by atoms with E-state index in [2.05, 4.69) is 13.8 Å². The summed E-state index contributed by atoms with van der Waals surface area (Å²) in [6.45, 7) is 12.6. The van der Waals surface area contributed by atoms with E-state index in [1.165, 1.54) is 12.8 Å². The molecule has 0 unspecified atom stereocenters. The summed E-state index contributed by atoms with van der Waals surface area (Å²) in [4.78, 5) is 0. The van der Waals surface area contributed by atoms with Crippen LogP contribution < -0.4 is 0 Å². The molecule has 0 N–H and O–H groups in total. The summed E-state index contributed by atoms with van der Waals surface area (Å²) in [5.74, 6) is 0.775. The molecule has 17 heavy (non-hydrogen) atoms. The standard InChI is InChI=1S/C13H30O3Si/c1-6-14-17(15-7-2,16-8-3)12-10-9-11-13(4)5/h13H,6-12H2,1-5H3. The first kappa shape index (κ1) is 17.1. The van der Waals surface area contributed by atoms with Gasteiger partial charge in [-0.1, -0.05) is 26.7 Å². The molecular formula is C13H30O3Si. The maximum atomic E-state index is 5.81. The summed E-state index contributed by atoms with van der Waals surface area (Å²) in [7, 11) is -2.37. The molecule has 0 heterocycles. The van der Waals surface area contributed by atoms with Crippen molar-refractivity contribution < 1.29 is 13.3 Å². The van der Waals surface area contributed by atoms with E-state index >= 15 is 0 Å². The van der Waals surface area contributed by atoms with Gasteiger partial charge in [0.25, 0.3) is 0 Å². The van der Waals surface area contributed by atoms with Crippen LogP contribution in [-0.2, 0) is 13.3 Å². The second-order valence-electron chi connectivity index (χ2n) is 4.62. The first-order valence-corrected chi connectivity index (χ1v) is 8.95. The van der Waals surface area contributed by atoms with Gasteiger partial charge in [0.05, 0.1) is 0 Å². The second kappa shape index (κ2) is 10.1. The molecule has 0 saturated heterocycles. The van der Waals surface area contributed by atoms with Crippen molar-refractivity contribution in [2.45, 2.75) is 59.9 Å². The monoisotopic (exact) mass is 262 g/mol. The van der Waals surface area contributed by atoms with Crippen molar-refractivity contribution in [3.8, 4) is 0 Å². The fourth-order valence-corrected chi connectivity index (χ4v) is 4.58. The highest BCUT2D eigenvalue weighted by Gasteiger charge is 2.39. The van der Waals surface area contributed by atoms with E-state index in [-0.39, 0.29) is 0 Å². The van der Waals surface area contributed by atoms with E-state index in [0.29, 0.717) is 19.8 Å². The van der Waals surface area contributed by atoms with Crippen LogP contribution in [0.4, 0.5) is 0 Å². The largest absolute Gasteiger partial charge is 0.500 e. The zero-order chi connectivity index (χ0) is 13.1. The van der Waals surface area contributed by atoms with Gasteiger partial charge >= 0.3 is 8.80 Å². The minimum Gasteiger partial charge on any atom is -0.374 e. The Morgan fingerprint density at radius 2 is 1.29 bits per heavy atom. The highest BCUT2D eigenvalue weighted by atomic mass is 28.4. The van der Waals surface area contributed by atoms with E-state index in [9.17, 15) is 0 Å². The fraction of sp³-hybridized carbons (Fsp3) is 1.00. The first-order valence-electron chi connectivity index (χ1n) is 7.02. The van der Waals surface area contributed by atoms with Crippen LogP contribution in [0.25, 0.3) is 0 Å². The van der Waals surface area contributed by atoms with Crippen molar-refractivity contribution in [2.75, 3.05) is 19.8 Å². The summed E-state index contributed by atoms with van der Waals surface area (Å²) in [6, 6.07) is 0.954. The third-order valence-corrected chi connectivity index (χ3v) is 5.76. The van der Waals surface area contributed by atoms with Gasteiger partial charge in [0.1, 0.15) is 0 Å². The summed E-state index contributed by atoms with van der Waals surface area (Å²) in [5, 5.41) is 0. The highest BCUT2D eigenvalue weighted by Crippen LogP contribution is 2.20. The summed E-state index contributed by atoms with van der Waals surface area (Å²) >= 11 is 0. The molecule has 0 aliphatic rings. The van der Waals surface area contributed by atoms with E-state index < -0.39 is 8.80 Å². The van der Waals surface area contributed by atoms with E-state index in [4.69, 9.17) is 13.3 Å². The molecule has 3 nitrogen and oxygen atoms in total. The molecule has 104 valence electrons. The Kier molecular flexibility index (Phi) is 10.1. The lowest BCUT2D eigenvalue weighted by molar-refractivity contribution is 0.0706. The predicted octanol–water partition coefficient (Wildman–Crippen LogP) is 3.86. The number of hydrogen-bond donors (Lipinski definition) is 0. The van der Waals surface area contributed by atoms with Gasteiger partial charge in [0.2, 0.25) is 0 Å². The molecular weight excluding hydrogens is 232 g/mol. The zero-order valence-corrected chi connectivity index (χ0v) is 13.3. The highest BCUT2D eigenvalue weighted by molar-refractivity contribution is 6.60. The van der Waals surface area contributed by atoms with Gasteiger partial charge in [-0.2, -0.15) is 0 Å². The molecule has 0 spiro atoms. The van der Waals surface area contributed by atoms with Crippen molar-refractivity contribution in [3.63, 3.8) is 0 Å². The Labute approximate surface area is 108 Å². The molecule has 0 aromatic rings. The van der Waals surface area contributed by atoms with Gasteiger partial charge in [-0.3, -0.25) is 0 Å². The average Bonchev–Trinajstić information content (AvgIpc) is 2.25. The van der Waals surface area contributed by atoms with Crippen molar-refractivity contribution in [2.24, 2.45) is 5.92 Å². The van der Waals surface area contributed by atoms with Crippen molar-refractivity contribution in [3.05, 3.63) is 0 Å². The van der Waals surface area contributed by atoms with Crippen LogP contribution in [-0.4, -0.2) is 28.6 Å². The van der Waals surface area contributed by atoms with Gasteiger partial charge in [-0.15, -0.1) is 0 Å². The third kappa shape index (κ3) is 7.92. The van der Waals surface area contributed by atoms with E-state index in [1.54, 1.807) is 0 Å². The molecule has 0 radical (unpaired) electrons. The minimum absolute atomic E-state index is 0.677. The lowest BCUT2D eigenvalue weighted by atomic mass is 10.1. The van der Waals surface area contributed by atoms with Crippen LogP contribution in [0.15, 0.2) is 0 Å². The van der Waals surface area contributed by atoms with Gasteiger partial charge in [-0.25, -0.2) is 0 Å². The van der Waals surface area contributed by atoms with Crippen molar-refractivity contribution in [1.82, 2.24) is 0 Å². The Morgan fingerprint density at radius 1 is 0.824 bits per heavy atom. The van der Waals surface area contributed by atoms with Gasteiger partial charge in [-0.05, 0) is 33.1 Å². The quantitative estimate of drug-likeness (QED) is 0.418. The summed E-state index contributed by atoms with van der Waals surface area (Å²) in [5.41, 5.74) is 0. The molecule has 0 saturated carbocycles. The van der Waals surface area contributed by atoms with Gasteiger partial charge in [0, 0.05) is 25.9 Å². The minimum atomic E-state index is -2.37. The van der Waals surface area contributed by atoms with E-state index in [0.717, 1.165) is 18.4 Å². The van der Waals surface area contributed by atoms with Gasteiger partial charge in [0.15, 0.2) is 0 Å². The molecule has 4 heteroatoms. The maximum absolute atomic E-state index is 5.81.